The van der Waals surface area contributed by atoms with Crippen molar-refractivity contribution in [2.75, 3.05) is 21.5 Å². The summed E-state index contributed by atoms with van der Waals surface area (Å²) in [4.78, 5) is 26.5. The molecule has 0 aliphatic carbocycles. The van der Waals surface area contributed by atoms with Crippen molar-refractivity contribution in [3.63, 3.8) is 0 Å². The largest absolute Gasteiger partial charge is 0.322 e. The SMILES string of the molecule is Cc1ccnc(NS(=O)(=O)c2ccc(NC(=O)c3cc(-c4ccccc4)nc4c3c(C)nn4C3CCS(=O)(=O)C3)cc2)n1. The number of nitrogens with one attached hydrogen (secondary N) is 2. The summed E-state index contributed by atoms with van der Waals surface area (Å²) in [6.07, 6.45) is 1.87. The van der Waals surface area contributed by atoms with E-state index < -0.39 is 25.8 Å². The van der Waals surface area contributed by atoms with E-state index in [0.29, 0.717) is 45.8 Å². The number of amides is 1. The third-order valence-electron chi connectivity index (χ3n) is 7.15. The quantitative estimate of drug-likeness (QED) is 0.275. The number of aryl methyl sites for hydroxylation is 2. The first-order valence-corrected chi connectivity index (χ1v) is 16.7. The van der Waals surface area contributed by atoms with Gasteiger partial charge < -0.3 is 5.32 Å². The first-order chi connectivity index (χ1) is 20.5. The normalized spacial score (nSPS) is 16.3. The van der Waals surface area contributed by atoms with Gasteiger partial charge in [-0.2, -0.15) is 5.10 Å². The van der Waals surface area contributed by atoms with Crippen LogP contribution in [0.25, 0.3) is 22.3 Å². The van der Waals surface area contributed by atoms with Crippen LogP contribution in [0.2, 0.25) is 0 Å². The van der Waals surface area contributed by atoms with Crippen LogP contribution in [0.5, 0.6) is 0 Å². The van der Waals surface area contributed by atoms with Crippen molar-refractivity contribution >= 4 is 48.4 Å². The average molecular weight is 618 g/mol. The van der Waals surface area contributed by atoms with Gasteiger partial charge >= 0.3 is 0 Å². The highest BCUT2D eigenvalue weighted by Crippen LogP contribution is 2.32. The number of hydrogen-bond acceptors (Lipinski definition) is 9. The fourth-order valence-corrected chi connectivity index (χ4v) is 7.71. The zero-order valence-electron chi connectivity index (χ0n) is 23.2. The summed E-state index contributed by atoms with van der Waals surface area (Å²) in [6.45, 7) is 3.48. The summed E-state index contributed by atoms with van der Waals surface area (Å²) >= 11 is 0. The Hall–Kier alpha value is -4.69. The summed E-state index contributed by atoms with van der Waals surface area (Å²) in [6, 6.07) is 18.0. The maximum absolute atomic E-state index is 13.7. The maximum Gasteiger partial charge on any atom is 0.264 e. The maximum atomic E-state index is 13.7. The molecule has 1 saturated heterocycles. The van der Waals surface area contributed by atoms with Crippen LogP contribution in [-0.4, -0.2) is 59.0 Å². The molecule has 1 aliphatic heterocycles. The molecule has 5 aromatic rings. The van der Waals surface area contributed by atoms with Crippen LogP contribution in [0.1, 0.15) is 34.2 Å². The number of benzene rings is 2. The molecule has 14 heteroatoms. The molecule has 0 radical (unpaired) electrons. The van der Waals surface area contributed by atoms with Crippen molar-refractivity contribution < 1.29 is 21.6 Å². The molecule has 43 heavy (non-hydrogen) atoms. The molecule has 2 aromatic carbocycles. The fourth-order valence-electron chi connectivity index (χ4n) is 5.06. The number of pyridine rings is 1. The zero-order chi connectivity index (χ0) is 30.4. The lowest BCUT2D eigenvalue weighted by molar-refractivity contribution is 0.102. The number of sulfone groups is 1. The molecule has 1 aliphatic rings. The van der Waals surface area contributed by atoms with Gasteiger partial charge in [0.25, 0.3) is 15.9 Å². The number of nitrogens with zero attached hydrogens (tertiary/aromatic N) is 5. The minimum absolute atomic E-state index is 0.0306. The molecule has 220 valence electrons. The molecule has 12 nitrogen and oxygen atoms in total. The Morgan fingerprint density at radius 1 is 1.00 bits per heavy atom. The highest BCUT2D eigenvalue weighted by molar-refractivity contribution is 7.92. The van der Waals surface area contributed by atoms with Crippen LogP contribution in [0.15, 0.2) is 77.8 Å². The predicted molar refractivity (Wildman–Crippen MR) is 162 cm³/mol. The lowest BCUT2D eigenvalue weighted by Gasteiger charge is -2.13. The van der Waals surface area contributed by atoms with E-state index in [1.54, 1.807) is 30.7 Å². The number of anilines is 2. The summed E-state index contributed by atoms with van der Waals surface area (Å²) in [5, 5.41) is 7.99. The molecule has 0 spiro atoms. The lowest BCUT2D eigenvalue weighted by Crippen LogP contribution is -2.16. The number of carbonyl (C=O) groups is 1. The van der Waals surface area contributed by atoms with Crippen LogP contribution < -0.4 is 10.0 Å². The van der Waals surface area contributed by atoms with Crippen LogP contribution in [0.4, 0.5) is 11.6 Å². The number of hydrogen-bond donors (Lipinski definition) is 2. The van der Waals surface area contributed by atoms with Crippen molar-refractivity contribution in [1.29, 1.82) is 0 Å². The second-order valence-electron chi connectivity index (χ2n) is 10.3. The molecular formula is C29H27N7O5S2. The van der Waals surface area contributed by atoms with Crippen molar-refractivity contribution in [1.82, 2.24) is 24.7 Å². The Morgan fingerprint density at radius 3 is 2.42 bits per heavy atom. The monoisotopic (exact) mass is 617 g/mol. The van der Waals surface area contributed by atoms with Gasteiger partial charge in [0, 0.05) is 23.1 Å². The van der Waals surface area contributed by atoms with Gasteiger partial charge in [0.15, 0.2) is 15.5 Å². The molecule has 1 unspecified atom stereocenters. The van der Waals surface area contributed by atoms with Gasteiger partial charge in [-0.3, -0.25) is 4.79 Å². The van der Waals surface area contributed by atoms with Gasteiger partial charge in [-0.15, -0.1) is 0 Å². The Balaban J connectivity index is 1.34. The second kappa shape index (κ2) is 10.9. The minimum Gasteiger partial charge on any atom is -0.322 e. The molecule has 1 atom stereocenters. The van der Waals surface area contributed by atoms with E-state index in [1.807, 2.05) is 30.3 Å². The minimum atomic E-state index is -3.96. The standard InChI is InChI=1S/C29H27N7O5S2/c1-18-12-14-30-29(31-18)35-43(40,41)23-10-8-21(9-11-23)32-28(37)24-16-25(20-6-4-3-5-7-20)33-27-26(24)19(2)34-36(27)22-13-15-42(38,39)17-22/h3-12,14,16,22H,13,15,17H2,1-2H3,(H,32,37)(H,30,31,35). The van der Waals surface area contributed by atoms with Gasteiger partial charge in [0.1, 0.15) is 0 Å². The summed E-state index contributed by atoms with van der Waals surface area (Å²) in [5.74, 6) is -0.460. The van der Waals surface area contributed by atoms with E-state index in [0.717, 1.165) is 5.56 Å². The van der Waals surface area contributed by atoms with E-state index in [2.05, 4.69) is 25.1 Å². The molecule has 6 rings (SSSR count). The molecule has 0 bridgehead atoms. The molecule has 1 amide bonds. The lowest BCUT2D eigenvalue weighted by atomic mass is 10.0. The van der Waals surface area contributed by atoms with Crippen LogP contribution in [0.3, 0.4) is 0 Å². The molecule has 0 saturated carbocycles. The topological polar surface area (TPSA) is 166 Å². The molecule has 1 fully saturated rings. The Labute approximate surface area is 248 Å². The number of sulfonamides is 1. The van der Waals surface area contributed by atoms with Crippen LogP contribution in [0, 0.1) is 13.8 Å². The molecule has 2 N–H and O–H groups in total. The Bertz CT molecular complexity index is 2080. The first-order valence-electron chi connectivity index (χ1n) is 13.4. The summed E-state index contributed by atoms with van der Waals surface area (Å²) in [5.41, 5.74) is 3.57. The van der Waals surface area contributed by atoms with Crippen molar-refractivity contribution in [3.05, 3.63) is 89.9 Å². The van der Waals surface area contributed by atoms with Crippen LogP contribution >= 0.6 is 0 Å². The first kappa shape index (κ1) is 28.4. The second-order valence-corrected chi connectivity index (χ2v) is 14.2. The highest BCUT2D eigenvalue weighted by atomic mass is 32.2. The third-order valence-corrected chi connectivity index (χ3v) is 10.2. The molecule has 4 heterocycles. The fraction of sp³-hybridized carbons (Fsp3) is 0.207. The highest BCUT2D eigenvalue weighted by Gasteiger charge is 2.32. The van der Waals surface area contributed by atoms with Gasteiger partial charge in [0.05, 0.1) is 44.8 Å². The summed E-state index contributed by atoms with van der Waals surface area (Å²) in [7, 11) is -7.15. The van der Waals surface area contributed by atoms with Crippen molar-refractivity contribution in [2.24, 2.45) is 0 Å². The van der Waals surface area contributed by atoms with E-state index in [9.17, 15) is 21.6 Å². The third kappa shape index (κ3) is 5.83. The van der Waals surface area contributed by atoms with Gasteiger partial charge in [0.2, 0.25) is 5.95 Å². The van der Waals surface area contributed by atoms with E-state index >= 15 is 0 Å². The van der Waals surface area contributed by atoms with Gasteiger partial charge in [-0.05, 0) is 56.7 Å². The molecule has 3 aromatic heterocycles. The van der Waals surface area contributed by atoms with E-state index in [4.69, 9.17) is 4.98 Å². The van der Waals surface area contributed by atoms with Crippen LogP contribution in [-0.2, 0) is 19.9 Å². The van der Waals surface area contributed by atoms with Crippen molar-refractivity contribution in [3.8, 4) is 11.3 Å². The average Bonchev–Trinajstić information content (AvgIpc) is 3.51. The van der Waals surface area contributed by atoms with Crippen molar-refractivity contribution in [2.45, 2.75) is 31.2 Å². The number of aromatic nitrogens is 5. The smallest absolute Gasteiger partial charge is 0.264 e. The number of carbonyl (C=O) groups excluding carboxylic acids is 1. The van der Waals surface area contributed by atoms with Gasteiger partial charge in [-0.1, -0.05) is 30.3 Å². The van der Waals surface area contributed by atoms with E-state index in [1.165, 1.54) is 30.5 Å². The predicted octanol–water partition coefficient (Wildman–Crippen LogP) is 3.92. The molecular weight excluding hydrogens is 590 g/mol. The van der Waals surface area contributed by atoms with E-state index in [-0.39, 0.29) is 28.4 Å². The number of rotatable bonds is 7. The number of fused-ring (bicyclic) bond motifs is 1. The Kier molecular flexibility index (Phi) is 7.18. The Morgan fingerprint density at radius 2 is 1.74 bits per heavy atom. The summed E-state index contributed by atoms with van der Waals surface area (Å²) < 4.78 is 54.1. The zero-order valence-corrected chi connectivity index (χ0v) is 24.9. The van der Waals surface area contributed by atoms with Gasteiger partial charge in [-0.25, -0.2) is 41.2 Å².